The first kappa shape index (κ1) is 13.8. The summed E-state index contributed by atoms with van der Waals surface area (Å²) in [7, 11) is 1.45. The molecular formula is C14H26N2O2. The summed E-state index contributed by atoms with van der Waals surface area (Å²) in [4.78, 5) is 14.2. The van der Waals surface area contributed by atoms with Crippen molar-refractivity contribution < 1.29 is 9.53 Å². The zero-order valence-corrected chi connectivity index (χ0v) is 12.0. The quantitative estimate of drug-likeness (QED) is 0.753. The zero-order chi connectivity index (χ0) is 13.3. The third-order valence-corrected chi connectivity index (χ3v) is 4.21. The van der Waals surface area contributed by atoms with Crippen molar-refractivity contribution in [2.45, 2.75) is 58.2 Å². The summed E-state index contributed by atoms with van der Waals surface area (Å²) in [6.45, 7) is 8.00. The zero-order valence-electron chi connectivity index (χ0n) is 12.0. The van der Waals surface area contributed by atoms with E-state index in [0.717, 1.165) is 12.6 Å². The van der Waals surface area contributed by atoms with Gasteiger partial charge in [0.1, 0.15) is 0 Å². The Morgan fingerprint density at radius 1 is 1.44 bits per heavy atom. The van der Waals surface area contributed by atoms with Gasteiger partial charge in [0.25, 0.3) is 0 Å². The maximum absolute atomic E-state index is 11.6. The molecule has 1 aliphatic heterocycles. The van der Waals surface area contributed by atoms with E-state index in [9.17, 15) is 4.79 Å². The molecule has 0 spiro atoms. The van der Waals surface area contributed by atoms with Crippen LogP contribution in [0.4, 0.5) is 0 Å². The maximum Gasteiger partial charge on any atom is 0.312 e. The second-order valence-electron chi connectivity index (χ2n) is 6.47. The first-order valence-corrected chi connectivity index (χ1v) is 7.01. The molecule has 0 aromatic heterocycles. The number of ether oxygens (including phenoxy) is 1. The molecule has 18 heavy (non-hydrogen) atoms. The van der Waals surface area contributed by atoms with Crippen molar-refractivity contribution in [1.82, 2.24) is 10.2 Å². The molecule has 2 atom stereocenters. The van der Waals surface area contributed by atoms with Crippen LogP contribution < -0.4 is 5.32 Å². The van der Waals surface area contributed by atoms with Gasteiger partial charge in [0.05, 0.1) is 12.5 Å². The number of hydrogen-bond acceptors (Lipinski definition) is 4. The first-order chi connectivity index (χ1) is 8.44. The molecule has 1 heterocycles. The van der Waals surface area contributed by atoms with Crippen molar-refractivity contribution in [3.8, 4) is 0 Å². The summed E-state index contributed by atoms with van der Waals surface area (Å²) in [5.41, 5.74) is -0.439. The number of nitrogens with zero attached hydrogens (tertiary/aromatic N) is 1. The van der Waals surface area contributed by atoms with Crippen molar-refractivity contribution in [2.24, 2.45) is 5.41 Å². The van der Waals surface area contributed by atoms with Crippen LogP contribution in [0.15, 0.2) is 0 Å². The van der Waals surface area contributed by atoms with Crippen LogP contribution in [0.5, 0.6) is 0 Å². The third kappa shape index (κ3) is 3.04. The standard InChI is InChI=1S/C14H26N2O2/c1-10-7-11(8-16(10)12-5-6-12)15-9-14(2,3)13(17)18-4/h10-12,15H,5-9H2,1-4H3/t10-,11+/m1/s1. The van der Waals surface area contributed by atoms with Crippen LogP contribution in [0.25, 0.3) is 0 Å². The molecule has 104 valence electrons. The van der Waals surface area contributed by atoms with Gasteiger partial charge >= 0.3 is 5.97 Å². The fourth-order valence-electron chi connectivity index (χ4n) is 2.87. The average molecular weight is 254 g/mol. The summed E-state index contributed by atoms with van der Waals surface area (Å²) in [5, 5.41) is 3.54. The van der Waals surface area contributed by atoms with Crippen molar-refractivity contribution in [1.29, 1.82) is 0 Å². The highest BCUT2D eigenvalue weighted by Crippen LogP contribution is 2.33. The van der Waals surface area contributed by atoms with Crippen molar-refractivity contribution in [2.75, 3.05) is 20.2 Å². The number of methoxy groups -OCH3 is 1. The number of nitrogens with one attached hydrogen (secondary N) is 1. The fraction of sp³-hybridized carbons (Fsp3) is 0.929. The Hall–Kier alpha value is -0.610. The molecule has 0 amide bonds. The fourth-order valence-corrected chi connectivity index (χ4v) is 2.87. The van der Waals surface area contributed by atoms with Gasteiger partial charge in [-0.15, -0.1) is 0 Å². The van der Waals surface area contributed by atoms with Gasteiger partial charge in [0, 0.05) is 31.2 Å². The average Bonchev–Trinajstić information content (AvgIpc) is 3.10. The predicted octanol–water partition coefficient (Wildman–Crippen LogP) is 1.40. The molecule has 2 fully saturated rings. The lowest BCUT2D eigenvalue weighted by molar-refractivity contribution is -0.150. The smallest absolute Gasteiger partial charge is 0.312 e. The van der Waals surface area contributed by atoms with Gasteiger partial charge in [-0.2, -0.15) is 0 Å². The van der Waals surface area contributed by atoms with Crippen LogP contribution in [0.1, 0.15) is 40.0 Å². The van der Waals surface area contributed by atoms with E-state index < -0.39 is 5.41 Å². The van der Waals surface area contributed by atoms with Gasteiger partial charge < -0.3 is 10.1 Å². The van der Waals surface area contributed by atoms with Crippen molar-refractivity contribution >= 4 is 5.97 Å². The van der Waals surface area contributed by atoms with E-state index in [0.29, 0.717) is 18.6 Å². The molecule has 2 aliphatic rings. The molecule has 0 bridgehead atoms. The Labute approximate surface area is 110 Å². The Balaban J connectivity index is 1.79. The minimum absolute atomic E-state index is 0.139. The minimum Gasteiger partial charge on any atom is -0.469 e. The maximum atomic E-state index is 11.6. The Bertz CT molecular complexity index is 313. The number of carbonyl (C=O) groups is 1. The molecule has 1 saturated heterocycles. The van der Waals surface area contributed by atoms with Gasteiger partial charge in [0.2, 0.25) is 0 Å². The molecule has 1 aliphatic carbocycles. The topological polar surface area (TPSA) is 41.6 Å². The van der Waals surface area contributed by atoms with Crippen molar-refractivity contribution in [3.63, 3.8) is 0 Å². The highest BCUT2D eigenvalue weighted by molar-refractivity contribution is 5.76. The summed E-state index contributed by atoms with van der Waals surface area (Å²) in [6.07, 6.45) is 3.92. The second-order valence-corrected chi connectivity index (χ2v) is 6.47. The Kier molecular flexibility index (Phi) is 3.97. The molecule has 0 radical (unpaired) electrons. The van der Waals surface area contributed by atoms with E-state index >= 15 is 0 Å². The molecule has 4 heteroatoms. The lowest BCUT2D eigenvalue weighted by Gasteiger charge is -2.24. The van der Waals surface area contributed by atoms with Gasteiger partial charge in [-0.25, -0.2) is 0 Å². The van der Waals surface area contributed by atoms with E-state index in [1.165, 1.54) is 26.4 Å². The Morgan fingerprint density at radius 2 is 2.11 bits per heavy atom. The van der Waals surface area contributed by atoms with Crippen LogP contribution in [0, 0.1) is 5.41 Å². The Morgan fingerprint density at radius 3 is 2.67 bits per heavy atom. The number of hydrogen-bond donors (Lipinski definition) is 1. The van der Waals surface area contributed by atoms with Gasteiger partial charge in [-0.1, -0.05) is 0 Å². The molecule has 0 aromatic carbocycles. The second kappa shape index (κ2) is 5.17. The highest BCUT2D eigenvalue weighted by atomic mass is 16.5. The summed E-state index contributed by atoms with van der Waals surface area (Å²) < 4.78 is 4.83. The molecule has 1 saturated carbocycles. The number of rotatable bonds is 5. The van der Waals surface area contributed by atoms with Crippen LogP contribution in [-0.4, -0.2) is 49.2 Å². The van der Waals surface area contributed by atoms with Gasteiger partial charge in [0.15, 0.2) is 0 Å². The number of carbonyl (C=O) groups excluding carboxylic acids is 1. The van der Waals surface area contributed by atoms with E-state index in [1.54, 1.807) is 0 Å². The SMILES string of the molecule is COC(=O)C(C)(C)CN[C@H]1C[C@@H](C)N(C2CC2)C1. The largest absolute Gasteiger partial charge is 0.469 e. The monoisotopic (exact) mass is 254 g/mol. The lowest BCUT2D eigenvalue weighted by Crippen LogP contribution is -2.42. The molecule has 1 N–H and O–H groups in total. The molecular weight excluding hydrogens is 228 g/mol. The molecule has 0 unspecified atom stereocenters. The number of esters is 1. The van der Waals surface area contributed by atoms with E-state index in [1.807, 2.05) is 13.8 Å². The van der Waals surface area contributed by atoms with Crippen LogP contribution in [0.3, 0.4) is 0 Å². The van der Waals surface area contributed by atoms with Gasteiger partial charge in [-0.05, 0) is 40.0 Å². The number of likely N-dealkylation sites (tertiary alicyclic amines) is 1. The molecule has 2 rings (SSSR count). The minimum atomic E-state index is -0.439. The van der Waals surface area contributed by atoms with Crippen LogP contribution in [0.2, 0.25) is 0 Å². The van der Waals surface area contributed by atoms with E-state index in [2.05, 4.69) is 17.1 Å². The predicted molar refractivity (Wildman–Crippen MR) is 71.4 cm³/mol. The summed E-state index contributed by atoms with van der Waals surface area (Å²) in [6, 6.07) is 2.03. The summed E-state index contributed by atoms with van der Waals surface area (Å²) >= 11 is 0. The van der Waals surface area contributed by atoms with E-state index in [-0.39, 0.29) is 5.97 Å². The molecule has 4 nitrogen and oxygen atoms in total. The first-order valence-electron chi connectivity index (χ1n) is 7.01. The normalized spacial score (nSPS) is 29.6. The highest BCUT2D eigenvalue weighted by Gasteiger charge is 2.39. The van der Waals surface area contributed by atoms with Crippen LogP contribution >= 0.6 is 0 Å². The van der Waals surface area contributed by atoms with Crippen LogP contribution in [-0.2, 0) is 9.53 Å². The van der Waals surface area contributed by atoms with Crippen molar-refractivity contribution in [3.05, 3.63) is 0 Å². The third-order valence-electron chi connectivity index (χ3n) is 4.21. The van der Waals surface area contributed by atoms with E-state index in [4.69, 9.17) is 4.74 Å². The summed E-state index contributed by atoms with van der Waals surface area (Å²) in [5.74, 6) is -0.139. The lowest BCUT2D eigenvalue weighted by atomic mass is 9.93. The van der Waals surface area contributed by atoms with Gasteiger partial charge in [-0.3, -0.25) is 9.69 Å². The molecule has 0 aromatic rings.